The van der Waals surface area contributed by atoms with Crippen LogP contribution in [0, 0.1) is 5.41 Å². The van der Waals surface area contributed by atoms with E-state index in [2.05, 4.69) is 96.9 Å². The molecule has 32 heavy (non-hydrogen) atoms. The molecule has 2 saturated heterocycles. The molecule has 0 N–H and O–H groups in total. The number of ether oxygens (including phenoxy) is 1. The lowest BCUT2D eigenvalue weighted by atomic mass is 9.84. The number of morpholine rings is 1. The minimum Gasteiger partial charge on any atom is -0.378 e. The average molecular weight is 431 g/mol. The fraction of sp³-hybridized carbons (Fsp3) is 0.444. The van der Waals surface area contributed by atoms with Crippen molar-refractivity contribution in [1.82, 2.24) is 9.78 Å². The van der Waals surface area contributed by atoms with Crippen molar-refractivity contribution in [3.63, 3.8) is 0 Å². The molecule has 168 valence electrons. The van der Waals surface area contributed by atoms with Crippen molar-refractivity contribution in [3.05, 3.63) is 60.4 Å². The first-order valence-electron chi connectivity index (χ1n) is 11.8. The molecule has 2 fully saturated rings. The summed E-state index contributed by atoms with van der Waals surface area (Å²) < 4.78 is 7.54. The quantitative estimate of drug-likeness (QED) is 0.547. The molecule has 0 bridgehead atoms. The largest absolute Gasteiger partial charge is 0.378 e. The Morgan fingerprint density at radius 2 is 1.56 bits per heavy atom. The molecule has 3 heterocycles. The molecule has 0 unspecified atom stereocenters. The number of nitrogens with zero attached hydrogens (tertiary/aromatic N) is 4. The lowest BCUT2D eigenvalue weighted by Crippen LogP contribution is -2.53. The highest BCUT2D eigenvalue weighted by Gasteiger charge is 2.34. The third-order valence-corrected chi connectivity index (χ3v) is 6.54. The first kappa shape index (κ1) is 21.1. The standard InChI is InChI=1S/C27H34N4O/c1-20(2)26-25(21-8-10-22(11-9-21)29-12-14-32-15-13-29)17-31(28-26)24-7-5-6-23(16-24)30-18-27(3,4)19-30/h5-11,16-17,20H,12-15,18-19H2,1-4H3. The molecule has 0 saturated carbocycles. The van der Waals surface area contributed by atoms with Crippen LogP contribution in [0.1, 0.15) is 39.3 Å². The number of hydrogen-bond donors (Lipinski definition) is 0. The van der Waals surface area contributed by atoms with Crippen molar-refractivity contribution in [3.8, 4) is 16.8 Å². The molecule has 2 aromatic carbocycles. The Labute approximate surface area is 191 Å². The first-order valence-corrected chi connectivity index (χ1v) is 11.8. The zero-order chi connectivity index (χ0) is 22.3. The highest BCUT2D eigenvalue weighted by atomic mass is 16.5. The van der Waals surface area contributed by atoms with Gasteiger partial charge in [0.15, 0.2) is 0 Å². The molecular weight excluding hydrogens is 396 g/mol. The van der Waals surface area contributed by atoms with Crippen molar-refractivity contribution in [1.29, 1.82) is 0 Å². The first-order chi connectivity index (χ1) is 15.4. The van der Waals surface area contributed by atoms with Crippen molar-refractivity contribution < 1.29 is 4.74 Å². The van der Waals surface area contributed by atoms with Gasteiger partial charge in [0.1, 0.15) is 0 Å². The average Bonchev–Trinajstić information content (AvgIpc) is 3.24. The second-order valence-electron chi connectivity index (χ2n) is 10.2. The Morgan fingerprint density at radius 3 is 2.22 bits per heavy atom. The fourth-order valence-corrected chi connectivity index (χ4v) is 4.84. The summed E-state index contributed by atoms with van der Waals surface area (Å²) in [4.78, 5) is 4.84. The van der Waals surface area contributed by atoms with E-state index in [1.54, 1.807) is 0 Å². The Kier molecular flexibility index (Phi) is 5.46. The van der Waals surface area contributed by atoms with Crippen LogP contribution < -0.4 is 9.80 Å². The minimum atomic E-state index is 0.351. The molecule has 1 aromatic heterocycles. The van der Waals surface area contributed by atoms with Gasteiger partial charge in [-0.3, -0.25) is 0 Å². The third kappa shape index (κ3) is 4.14. The maximum atomic E-state index is 5.49. The predicted octanol–water partition coefficient (Wildman–Crippen LogP) is 5.35. The monoisotopic (exact) mass is 430 g/mol. The highest BCUT2D eigenvalue weighted by Crippen LogP contribution is 2.35. The van der Waals surface area contributed by atoms with E-state index >= 15 is 0 Å². The number of hydrogen-bond acceptors (Lipinski definition) is 4. The Bertz CT molecular complexity index is 1070. The van der Waals surface area contributed by atoms with Gasteiger partial charge in [-0.1, -0.05) is 45.9 Å². The van der Waals surface area contributed by atoms with E-state index in [1.165, 1.54) is 22.5 Å². The van der Waals surface area contributed by atoms with Crippen LogP contribution in [0.2, 0.25) is 0 Å². The number of rotatable bonds is 5. The molecule has 5 nitrogen and oxygen atoms in total. The highest BCUT2D eigenvalue weighted by molar-refractivity contribution is 5.69. The molecule has 2 aliphatic rings. The van der Waals surface area contributed by atoms with Crippen LogP contribution in [0.4, 0.5) is 11.4 Å². The van der Waals surface area contributed by atoms with Crippen LogP contribution in [-0.4, -0.2) is 49.2 Å². The Hall–Kier alpha value is -2.79. The van der Waals surface area contributed by atoms with Gasteiger partial charge in [-0.15, -0.1) is 0 Å². The van der Waals surface area contributed by atoms with Gasteiger partial charge in [0, 0.05) is 49.3 Å². The van der Waals surface area contributed by atoms with Crippen molar-refractivity contribution in [2.45, 2.75) is 33.6 Å². The molecule has 0 amide bonds. The summed E-state index contributed by atoms with van der Waals surface area (Å²) in [5.74, 6) is 0.351. The van der Waals surface area contributed by atoms with Gasteiger partial charge >= 0.3 is 0 Å². The number of anilines is 2. The normalized spacial score (nSPS) is 18.2. The van der Waals surface area contributed by atoms with E-state index in [0.29, 0.717) is 11.3 Å². The summed E-state index contributed by atoms with van der Waals surface area (Å²) in [5, 5.41) is 5.01. The van der Waals surface area contributed by atoms with Gasteiger partial charge in [-0.2, -0.15) is 5.10 Å². The second kappa shape index (κ2) is 8.28. The SMILES string of the molecule is CC(C)c1nn(-c2cccc(N3CC(C)(C)C3)c2)cc1-c1ccc(N2CCOCC2)cc1. The molecule has 0 radical (unpaired) electrons. The van der Waals surface area contributed by atoms with Gasteiger partial charge in [0.2, 0.25) is 0 Å². The van der Waals surface area contributed by atoms with E-state index in [9.17, 15) is 0 Å². The maximum Gasteiger partial charge on any atom is 0.0732 e. The molecule has 2 aliphatic heterocycles. The number of benzene rings is 2. The molecule has 0 spiro atoms. The van der Waals surface area contributed by atoms with Gasteiger partial charge in [0.25, 0.3) is 0 Å². The Morgan fingerprint density at radius 1 is 0.875 bits per heavy atom. The Balaban J connectivity index is 1.43. The van der Waals surface area contributed by atoms with Crippen LogP contribution in [0.5, 0.6) is 0 Å². The van der Waals surface area contributed by atoms with Crippen molar-refractivity contribution in [2.75, 3.05) is 49.2 Å². The summed E-state index contributed by atoms with van der Waals surface area (Å²) in [6, 6.07) is 17.7. The smallest absolute Gasteiger partial charge is 0.0732 e. The molecular formula is C27H34N4O. The summed E-state index contributed by atoms with van der Waals surface area (Å²) in [6.45, 7) is 14.8. The summed E-state index contributed by atoms with van der Waals surface area (Å²) in [5.41, 5.74) is 7.64. The van der Waals surface area contributed by atoms with Crippen molar-refractivity contribution >= 4 is 11.4 Å². The van der Waals surface area contributed by atoms with Crippen LogP contribution in [0.25, 0.3) is 16.8 Å². The predicted molar refractivity (Wildman–Crippen MR) is 132 cm³/mol. The second-order valence-corrected chi connectivity index (χ2v) is 10.2. The lowest BCUT2D eigenvalue weighted by molar-refractivity contribution is 0.122. The van der Waals surface area contributed by atoms with E-state index in [0.717, 1.165) is 50.8 Å². The summed E-state index contributed by atoms with van der Waals surface area (Å²) in [7, 11) is 0. The number of aromatic nitrogens is 2. The molecule has 5 heteroatoms. The molecule has 0 atom stereocenters. The van der Waals surface area contributed by atoms with E-state index in [4.69, 9.17) is 9.84 Å². The lowest BCUT2D eigenvalue weighted by Gasteiger charge is -2.47. The van der Waals surface area contributed by atoms with Gasteiger partial charge in [0.05, 0.1) is 24.6 Å². The van der Waals surface area contributed by atoms with Gasteiger partial charge in [-0.05, 0) is 47.2 Å². The van der Waals surface area contributed by atoms with E-state index in [-0.39, 0.29) is 0 Å². The van der Waals surface area contributed by atoms with Gasteiger partial charge in [-0.25, -0.2) is 4.68 Å². The van der Waals surface area contributed by atoms with Crippen molar-refractivity contribution in [2.24, 2.45) is 5.41 Å². The van der Waals surface area contributed by atoms with Crippen LogP contribution in [-0.2, 0) is 4.74 Å². The zero-order valence-corrected chi connectivity index (χ0v) is 19.7. The summed E-state index contributed by atoms with van der Waals surface area (Å²) >= 11 is 0. The van der Waals surface area contributed by atoms with E-state index < -0.39 is 0 Å². The molecule has 0 aliphatic carbocycles. The zero-order valence-electron chi connectivity index (χ0n) is 19.7. The molecule has 3 aromatic rings. The minimum absolute atomic E-state index is 0.351. The molecule has 5 rings (SSSR count). The fourth-order valence-electron chi connectivity index (χ4n) is 4.84. The topological polar surface area (TPSA) is 33.5 Å². The third-order valence-electron chi connectivity index (χ3n) is 6.54. The van der Waals surface area contributed by atoms with Crippen LogP contribution in [0.15, 0.2) is 54.7 Å². The maximum absolute atomic E-state index is 5.49. The van der Waals surface area contributed by atoms with Crippen LogP contribution in [0.3, 0.4) is 0 Å². The summed E-state index contributed by atoms with van der Waals surface area (Å²) in [6.07, 6.45) is 2.19. The van der Waals surface area contributed by atoms with E-state index in [1.807, 2.05) is 0 Å². The van der Waals surface area contributed by atoms with Gasteiger partial charge < -0.3 is 14.5 Å². The van der Waals surface area contributed by atoms with Crippen LogP contribution >= 0.6 is 0 Å².